The lowest BCUT2D eigenvalue weighted by atomic mass is 10.1. The third-order valence-corrected chi connectivity index (χ3v) is 4.95. The van der Waals surface area contributed by atoms with Crippen molar-refractivity contribution < 1.29 is 0 Å². The summed E-state index contributed by atoms with van der Waals surface area (Å²) in [7, 11) is 0. The van der Waals surface area contributed by atoms with Gasteiger partial charge in [-0.25, -0.2) is 4.98 Å². The Bertz CT molecular complexity index is 938. The molecule has 0 atom stereocenters. The highest BCUT2D eigenvalue weighted by Crippen LogP contribution is 2.17. The summed E-state index contributed by atoms with van der Waals surface area (Å²) in [6.07, 6.45) is 1.70. The first kappa shape index (κ1) is 17.5. The van der Waals surface area contributed by atoms with Crippen LogP contribution in [-0.4, -0.2) is 28.0 Å². The zero-order valence-corrected chi connectivity index (χ0v) is 15.3. The number of hydrogen-bond acceptors (Lipinski definition) is 4. The van der Waals surface area contributed by atoms with E-state index in [1.807, 2.05) is 24.3 Å². The molecule has 0 saturated heterocycles. The zero-order valence-electron chi connectivity index (χ0n) is 15.3. The fraction of sp³-hybridized carbons (Fsp3) is 0.273. The SMILES string of the molecule is O=c1[nH]c(NCCc2ccccc2)nc2c1CN(Cc1ccccc1)CC2. The zero-order chi connectivity index (χ0) is 18.5. The molecule has 4 rings (SSSR count). The van der Waals surface area contributed by atoms with Crippen LogP contribution in [0.3, 0.4) is 0 Å². The Morgan fingerprint density at radius 1 is 1.00 bits per heavy atom. The highest BCUT2D eigenvalue weighted by Gasteiger charge is 2.21. The van der Waals surface area contributed by atoms with Crippen LogP contribution in [0.1, 0.15) is 22.4 Å². The number of rotatable bonds is 6. The molecule has 5 heteroatoms. The van der Waals surface area contributed by atoms with E-state index in [9.17, 15) is 4.79 Å². The first-order valence-corrected chi connectivity index (χ1v) is 9.44. The van der Waals surface area contributed by atoms with Gasteiger partial charge >= 0.3 is 0 Å². The van der Waals surface area contributed by atoms with Gasteiger partial charge in [-0.2, -0.15) is 0 Å². The first-order chi connectivity index (χ1) is 13.3. The molecule has 0 radical (unpaired) electrons. The van der Waals surface area contributed by atoms with E-state index < -0.39 is 0 Å². The normalized spacial score (nSPS) is 13.9. The van der Waals surface area contributed by atoms with E-state index in [2.05, 4.69) is 56.6 Å². The molecule has 0 saturated carbocycles. The summed E-state index contributed by atoms with van der Waals surface area (Å²) in [5, 5.41) is 3.25. The van der Waals surface area contributed by atoms with Crippen molar-refractivity contribution in [1.82, 2.24) is 14.9 Å². The van der Waals surface area contributed by atoms with Gasteiger partial charge in [-0.05, 0) is 17.5 Å². The lowest BCUT2D eigenvalue weighted by molar-refractivity contribution is 0.242. The van der Waals surface area contributed by atoms with Crippen LogP contribution in [0, 0.1) is 0 Å². The summed E-state index contributed by atoms with van der Waals surface area (Å²) in [5.41, 5.74) is 4.22. The van der Waals surface area contributed by atoms with E-state index in [0.717, 1.165) is 43.7 Å². The van der Waals surface area contributed by atoms with Crippen LogP contribution >= 0.6 is 0 Å². The maximum absolute atomic E-state index is 12.6. The van der Waals surface area contributed by atoms with Crippen LogP contribution in [-0.2, 0) is 25.9 Å². The number of hydrogen-bond donors (Lipinski definition) is 2. The van der Waals surface area contributed by atoms with Crippen LogP contribution in [0.25, 0.3) is 0 Å². The second-order valence-corrected chi connectivity index (χ2v) is 6.95. The first-order valence-electron chi connectivity index (χ1n) is 9.44. The third kappa shape index (κ3) is 4.44. The fourth-order valence-corrected chi connectivity index (χ4v) is 3.51. The average Bonchev–Trinajstić information content (AvgIpc) is 2.70. The topological polar surface area (TPSA) is 61.0 Å². The Hall–Kier alpha value is -2.92. The van der Waals surface area contributed by atoms with E-state index >= 15 is 0 Å². The van der Waals surface area contributed by atoms with E-state index in [0.29, 0.717) is 12.5 Å². The number of fused-ring (bicyclic) bond motifs is 1. The number of H-pyrrole nitrogens is 1. The van der Waals surface area contributed by atoms with Gasteiger partial charge in [-0.1, -0.05) is 60.7 Å². The molecular weight excluding hydrogens is 336 g/mol. The van der Waals surface area contributed by atoms with Crippen molar-refractivity contribution in [3.8, 4) is 0 Å². The molecule has 1 aliphatic heterocycles. The third-order valence-electron chi connectivity index (χ3n) is 4.95. The minimum Gasteiger partial charge on any atom is -0.355 e. The number of aromatic amines is 1. The molecule has 138 valence electrons. The molecular formula is C22H24N4O. The minimum absolute atomic E-state index is 0.0278. The van der Waals surface area contributed by atoms with E-state index in [1.54, 1.807) is 0 Å². The van der Waals surface area contributed by atoms with Crippen LogP contribution in [0.5, 0.6) is 0 Å². The Morgan fingerprint density at radius 3 is 2.44 bits per heavy atom. The smallest absolute Gasteiger partial charge is 0.257 e. The molecule has 0 amide bonds. The van der Waals surface area contributed by atoms with Gasteiger partial charge in [-0.3, -0.25) is 14.7 Å². The molecule has 27 heavy (non-hydrogen) atoms. The van der Waals surface area contributed by atoms with E-state index in [-0.39, 0.29) is 5.56 Å². The highest BCUT2D eigenvalue weighted by molar-refractivity contribution is 5.32. The summed E-state index contributed by atoms with van der Waals surface area (Å²) in [6.45, 7) is 3.17. The Labute approximate surface area is 159 Å². The van der Waals surface area contributed by atoms with Gasteiger partial charge in [0, 0.05) is 32.6 Å². The largest absolute Gasteiger partial charge is 0.355 e. The van der Waals surface area contributed by atoms with Crippen molar-refractivity contribution in [2.24, 2.45) is 0 Å². The van der Waals surface area contributed by atoms with Gasteiger partial charge in [0.05, 0.1) is 11.3 Å². The van der Waals surface area contributed by atoms with E-state index in [1.165, 1.54) is 11.1 Å². The molecule has 0 spiro atoms. The lowest BCUT2D eigenvalue weighted by Crippen LogP contribution is -2.35. The molecule has 2 aromatic carbocycles. The summed E-state index contributed by atoms with van der Waals surface area (Å²) in [4.78, 5) is 22.4. The molecule has 0 aliphatic carbocycles. The van der Waals surface area contributed by atoms with E-state index in [4.69, 9.17) is 0 Å². The second kappa shape index (κ2) is 8.18. The van der Waals surface area contributed by atoms with Gasteiger partial charge in [0.25, 0.3) is 5.56 Å². The van der Waals surface area contributed by atoms with Crippen LogP contribution in [0.15, 0.2) is 65.5 Å². The molecule has 2 heterocycles. The maximum atomic E-state index is 12.6. The van der Waals surface area contributed by atoms with Crippen LogP contribution in [0.4, 0.5) is 5.95 Å². The standard InChI is InChI=1S/C22H24N4O/c27-21-19-16-26(15-18-9-5-2-6-10-18)14-12-20(19)24-22(25-21)23-13-11-17-7-3-1-4-8-17/h1-10H,11-16H2,(H2,23,24,25,27). The molecule has 0 unspecified atom stereocenters. The summed E-state index contributed by atoms with van der Waals surface area (Å²) >= 11 is 0. The van der Waals surface area contributed by atoms with Crippen LogP contribution in [0.2, 0.25) is 0 Å². The van der Waals surface area contributed by atoms with Crippen LogP contribution < -0.4 is 10.9 Å². The minimum atomic E-state index is -0.0278. The number of aromatic nitrogens is 2. The van der Waals surface area contributed by atoms with Crippen molar-refractivity contribution in [2.75, 3.05) is 18.4 Å². The molecule has 1 aliphatic rings. The highest BCUT2D eigenvalue weighted by atomic mass is 16.1. The molecule has 2 N–H and O–H groups in total. The predicted octanol–water partition coefficient (Wildman–Crippen LogP) is 2.98. The number of benzene rings is 2. The Morgan fingerprint density at radius 2 is 1.70 bits per heavy atom. The van der Waals surface area contributed by atoms with Crippen molar-refractivity contribution in [3.63, 3.8) is 0 Å². The fourth-order valence-electron chi connectivity index (χ4n) is 3.51. The van der Waals surface area contributed by atoms with Crippen molar-refractivity contribution in [1.29, 1.82) is 0 Å². The van der Waals surface area contributed by atoms with Gasteiger partial charge in [0.15, 0.2) is 0 Å². The predicted molar refractivity (Wildman–Crippen MR) is 108 cm³/mol. The quantitative estimate of drug-likeness (QED) is 0.709. The monoisotopic (exact) mass is 360 g/mol. The molecule has 0 bridgehead atoms. The Balaban J connectivity index is 1.39. The second-order valence-electron chi connectivity index (χ2n) is 6.95. The number of anilines is 1. The van der Waals surface area contributed by atoms with Gasteiger partial charge in [0.2, 0.25) is 5.95 Å². The van der Waals surface area contributed by atoms with Crippen molar-refractivity contribution in [3.05, 3.63) is 93.4 Å². The molecule has 1 aromatic heterocycles. The molecule has 0 fully saturated rings. The summed E-state index contributed by atoms with van der Waals surface area (Å²) in [5.74, 6) is 0.575. The average molecular weight is 360 g/mol. The van der Waals surface area contributed by atoms with Crippen molar-refractivity contribution in [2.45, 2.75) is 25.9 Å². The number of nitrogens with zero attached hydrogens (tertiary/aromatic N) is 2. The summed E-state index contributed by atoms with van der Waals surface area (Å²) in [6, 6.07) is 20.7. The Kier molecular flexibility index (Phi) is 5.30. The number of nitrogens with one attached hydrogen (secondary N) is 2. The molecule has 3 aromatic rings. The van der Waals surface area contributed by atoms with Gasteiger partial charge < -0.3 is 5.32 Å². The maximum Gasteiger partial charge on any atom is 0.257 e. The molecule has 5 nitrogen and oxygen atoms in total. The summed E-state index contributed by atoms with van der Waals surface area (Å²) < 4.78 is 0. The van der Waals surface area contributed by atoms with Crippen molar-refractivity contribution >= 4 is 5.95 Å². The lowest BCUT2D eigenvalue weighted by Gasteiger charge is -2.27. The van der Waals surface area contributed by atoms with Gasteiger partial charge in [0.1, 0.15) is 0 Å². The van der Waals surface area contributed by atoms with Gasteiger partial charge in [-0.15, -0.1) is 0 Å².